The van der Waals surface area contributed by atoms with Crippen molar-refractivity contribution in [3.8, 4) is 16.9 Å². The Kier molecular flexibility index (Phi) is 5.91. The molecule has 0 saturated heterocycles. The second-order valence-corrected chi connectivity index (χ2v) is 9.41. The second kappa shape index (κ2) is 9.43. The Morgan fingerprint density at radius 1 is 1.05 bits per heavy atom. The topological polar surface area (TPSA) is 77.7 Å². The molecule has 0 fully saturated rings. The van der Waals surface area contributed by atoms with E-state index in [-0.39, 0.29) is 23.7 Å². The maximum atomic E-state index is 13.8. The molecule has 0 bridgehead atoms. The molecular weight excluding hydrogens is 502 g/mol. The van der Waals surface area contributed by atoms with Crippen LogP contribution in [0.1, 0.15) is 5.56 Å². The van der Waals surface area contributed by atoms with E-state index < -0.39 is 5.82 Å². The fourth-order valence-corrected chi connectivity index (χ4v) is 5.27. The Morgan fingerprint density at radius 3 is 2.59 bits per heavy atom. The minimum atomic E-state index is -0.461. The molecule has 0 unspecified atom stereocenters. The summed E-state index contributed by atoms with van der Waals surface area (Å²) in [5.74, 6) is -0.738. The Bertz CT molecular complexity index is 1810. The van der Waals surface area contributed by atoms with Crippen molar-refractivity contribution >= 4 is 34.7 Å². The molecule has 0 spiro atoms. The molecule has 2 N–H and O–H groups in total. The minimum Gasteiger partial charge on any atom is -0.496 e. The number of ether oxygens (including phenoxy) is 1. The number of benzene rings is 2. The van der Waals surface area contributed by atoms with Gasteiger partial charge in [0.15, 0.2) is 0 Å². The lowest BCUT2D eigenvalue weighted by Crippen LogP contribution is -2.33. The smallest absolute Gasteiger partial charge is 0.258 e. The van der Waals surface area contributed by atoms with Gasteiger partial charge in [-0.25, -0.2) is 8.78 Å². The van der Waals surface area contributed by atoms with E-state index in [2.05, 4.69) is 10.3 Å². The summed E-state index contributed by atoms with van der Waals surface area (Å²) < 4.78 is 32.8. The maximum Gasteiger partial charge on any atom is 0.258 e. The molecule has 7 nitrogen and oxygen atoms in total. The summed E-state index contributed by atoms with van der Waals surface area (Å²) in [5.41, 5.74) is 4.11. The summed E-state index contributed by atoms with van der Waals surface area (Å²) in [6, 6.07) is 14.0. The first-order valence-electron chi connectivity index (χ1n) is 12.3. The summed E-state index contributed by atoms with van der Waals surface area (Å²) in [7, 11) is 3.30. The number of nitrogens with one attached hydrogen (secondary N) is 2. The summed E-state index contributed by atoms with van der Waals surface area (Å²) in [6.07, 6.45) is 5.37. The van der Waals surface area contributed by atoms with Crippen LogP contribution < -0.4 is 36.0 Å². The fourth-order valence-electron chi connectivity index (χ4n) is 5.27. The van der Waals surface area contributed by atoms with Crippen molar-refractivity contribution in [2.24, 2.45) is 0 Å². The van der Waals surface area contributed by atoms with E-state index >= 15 is 0 Å². The highest BCUT2D eigenvalue weighted by Crippen LogP contribution is 2.37. The van der Waals surface area contributed by atoms with Crippen LogP contribution in [0.3, 0.4) is 0 Å². The molecule has 39 heavy (non-hydrogen) atoms. The first kappa shape index (κ1) is 24.4. The largest absolute Gasteiger partial charge is 0.496 e. The van der Waals surface area contributed by atoms with Crippen molar-refractivity contribution in [1.82, 2.24) is 10.3 Å². The molecule has 2 aromatic rings. The van der Waals surface area contributed by atoms with Crippen LogP contribution in [0, 0.1) is 11.6 Å². The number of halogens is 2. The van der Waals surface area contributed by atoms with Gasteiger partial charge in [-0.05, 0) is 66.7 Å². The fraction of sp³-hybridized carbons (Fsp3) is 0.133. The van der Waals surface area contributed by atoms with E-state index in [0.29, 0.717) is 45.4 Å². The van der Waals surface area contributed by atoms with Gasteiger partial charge in [0, 0.05) is 47.2 Å². The third kappa shape index (κ3) is 4.21. The van der Waals surface area contributed by atoms with Crippen molar-refractivity contribution in [1.29, 1.82) is 0 Å². The van der Waals surface area contributed by atoms with Crippen molar-refractivity contribution in [3.05, 3.63) is 105 Å². The molecule has 3 aliphatic heterocycles. The molecule has 0 saturated carbocycles. The Hall–Kier alpha value is -4.92. The zero-order valence-corrected chi connectivity index (χ0v) is 21.2. The molecule has 6 rings (SSSR count). The Morgan fingerprint density at radius 2 is 1.82 bits per heavy atom. The third-order valence-corrected chi connectivity index (χ3v) is 7.03. The van der Waals surface area contributed by atoms with E-state index in [1.807, 2.05) is 35.1 Å². The number of aromatic amines is 1. The van der Waals surface area contributed by atoms with Gasteiger partial charge in [-0.3, -0.25) is 9.59 Å². The van der Waals surface area contributed by atoms with Crippen LogP contribution in [0.5, 0.6) is 5.75 Å². The van der Waals surface area contributed by atoms with Gasteiger partial charge in [-0.2, -0.15) is 0 Å². The standard InChI is InChI=1S/C30H24F2N4O3/c1-35-13-11-22(33-26(37)16-17-15-19(32)5-10-25(17)39-2)21-8-9-24-27-23(34-30(38)28(27)29(21)35)12-14-36(24)20-6-3-18(31)4-7-20/h3-13,15H,14,16H2,1-2H3,(H,33,37)(H,34,38). The number of aromatic nitrogens is 1. The molecule has 1 aliphatic carbocycles. The van der Waals surface area contributed by atoms with Gasteiger partial charge >= 0.3 is 0 Å². The van der Waals surface area contributed by atoms with Gasteiger partial charge < -0.3 is 24.8 Å². The molecule has 3 heterocycles. The number of amides is 1. The highest BCUT2D eigenvalue weighted by atomic mass is 19.1. The van der Waals surface area contributed by atoms with Crippen LogP contribution in [-0.4, -0.2) is 31.6 Å². The molecular formula is C30H24F2N4O3. The molecule has 0 atom stereocenters. The number of hydrogen-bond acceptors (Lipinski definition) is 5. The molecule has 1 amide bonds. The number of rotatable bonds is 5. The lowest BCUT2D eigenvalue weighted by Gasteiger charge is -2.27. The van der Waals surface area contributed by atoms with Gasteiger partial charge in [0.05, 0.1) is 36.2 Å². The van der Waals surface area contributed by atoms with Gasteiger partial charge in [0.2, 0.25) is 5.91 Å². The number of carbonyl (C=O) groups is 1. The SMILES string of the molecule is COc1ccc(F)cc1CC(=O)NC1=c2ccc3c4c([nH]c(=O)c-4c2N(C)C=C1)=CCN3c1ccc(F)cc1. The number of methoxy groups -OCH3 is 1. The van der Waals surface area contributed by atoms with Gasteiger partial charge in [0.1, 0.15) is 17.4 Å². The lowest BCUT2D eigenvalue weighted by atomic mass is 10.0. The zero-order valence-electron chi connectivity index (χ0n) is 21.2. The molecule has 4 aliphatic rings. The normalized spacial score (nSPS) is 13.8. The van der Waals surface area contributed by atoms with Gasteiger partial charge in [0.25, 0.3) is 5.56 Å². The Balaban J connectivity index is 1.48. The van der Waals surface area contributed by atoms with Crippen molar-refractivity contribution in [2.45, 2.75) is 6.42 Å². The number of fused-ring (bicyclic) bond motifs is 2. The van der Waals surface area contributed by atoms with Crippen LogP contribution in [0.25, 0.3) is 22.9 Å². The van der Waals surface area contributed by atoms with Crippen LogP contribution >= 0.6 is 0 Å². The van der Waals surface area contributed by atoms with Crippen molar-refractivity contribution in [3.63, 3.8) is 0 Å². The summed E-state index contributed by atoms with van der Waals surface area (Å²) in [5, 5.41) is 4.30. The van der Waals surface area contributed by atoms with E-state index in [4.69, 9.17) is 4.74 Å². The predicted octanol–water partition coefficient (Wildman–Crippen LogP) is 3.13. The third-order valence-electron chi connectivity index (χ3n) is 7.03. The molecule has 196 valence electrons. The van der Waals surface area contributed by atoms with E-state index in [9.17, 15) is 18.4 Å². The highest BCUT2D eigenvalue weighted by molar-refractivity contribution is 5.95. The second-order valence-electron chi connectivity index (χ2n) is 9.41. The van der Waals surface area contributed by atoms with Crippen LogP contribution in [0.4, 0.5) is 25.8 Å². The van der Waals surface area contributed by atoms with E-state index in [0.717, 1.165) is 16.9 Å². The van der Waals surface area contributed by atoms with E-state index in [1.165, 1.54) is 37.4 Å². The number of nitrogens with zero attached hydrogens (tertiary/aromatic N) is 2. The average Bonchev–Trinajstić information content (AvgIpc) is 3.12. The van der Waals surface area contributed by atoms with Crippen LogP contribution in [0.15, 0.2) is 71.7 Å². The monoisotopic (exact) mass is 526 g/mol. The van der Waals surface area contributed by atoms with Crippen molar-refractivity contribution < 1.29 is 18.3 Å². The minimum absolute atomic E-state index is 0.0997. The maximum absolute atomic E-state index is 13.8. The molecule has 9 heteroatoms. The van der Waals surface area contributed by atoms with Crippen LogP contribution in [0.2, 0.25) is 0 Å². The van der Waals surface area contributed by atoms with Gasteiger partial charge in [-0.15, -0.1) is 0 Å². The highest BCUT2D eigenvalue weighted by Gasteiger charge is 2.28. The van der Waals surface area contributed by atoms with E-state index in [1.54, 1.807) is 24.4 Å². The average molecular weight is 527 g/mol. The van der Waals surface area contributed by atoms with Gasteiger partial charge in [-0.1, -0.05) is 0 Å². The number of H-pyrrole nitrogens is 1. The lowest BCUT2D eigenvalue weighted by molar-refractivity contribution is -0.119. The summed E-state index contributed by atoms with van der Waals surface area (Å²) in [6.45, 7) is 0.485. The number of carbonyl (C=O) groups excluding carboxylic acids is 1. The number of anilines is 3. The quantitative estimate of drug-likeness (QED) is 0.418. The summed E-state index contributed by atoms with van der Waals surface area (Å²) in [4.78, 5) is 33.2. The van der Waals surface area contributed by atoms with Crippen molar-refractivity contribution in [2.75, 3.05) is 30.5 Å². The first-order chi connectivity index (χ1) is 18.8. The number of hydrogen-bond donors (Lipinski definition) is 2. The zero-order chi connectivity index (χ0) is 27.3. The molecule has 2 aromatic carbocycles. The molecule has 0 radical (unpaired) electrons. The summed E-state index contributed by atoms with van der Waals surface area (Å²) >= 11 is 0. The first-order valence-corrected chi connectivity index (χ1v) is 12.3. The predicted molar refractivity (Wildman–Crippen MR) is 147 cm³/mol. The Labute approximate surface area is 222 Å². The van der Waals surface area contributed by atoms with Crippen LogP contribution in [-0.2, 0) is 11.2 Å². The molecule has 0 aromatic heterocycles.